The molecule has 1 N–H and O–H groups in total. The second-order valence-electron chi connectivity index (χ2n) is 4.67. The predicted molar refractivity (Wildman–Crippen MR) is 81.2 cm³/mol. The third-order valence-electron chi connectivity index (χ3n) is 3.39. The van der Waals surface area contributed by atoms with Gasteiger partial charge in [-0.15, -0.1) is 0 Å². The number of rotatable bonds is 7. The van der Waals surface area contributed by atoms with Crippen molar-refractivity contribution in [2.45, 2.75) is 19.4 Å². The average molecular weight is 317 g/mol. The zero-order valence-corrected chi connectivity index (χ0v) is 13.6. The van der Waals surface area contributed by atoms with Crippen molar-refractivity contribution >= 4 is 29.6 Å². The molecule has 21 heavy (non-hydrogen) atoms. The van der Waals surface area contributed by atoms with Crippen LogP contribution in [0.4, 0.5) is 4.79 Å². The van der Waals surface area contributed by atoms with E-state index in [2.05, 4.69) is 5.32 Å². The molecule has 0 aromatic heterocycles. The number of imide groups is 1. The molecule has 1 saturated heterocycles. The van der Waals surface area contributed by atoms with Gasteiger partial charge in [0.15, 0.2) is 0 Å². The molecule has 0 radical (unpaired) electrons. The highest BCUT2D eigenvalue weighted by Gasteiger charge is 2.35. The molecule has 0 aliphatic carbocycles. The van der Waals surface area contributed by atoms with E-state index in [4.69, 9.17) is 4.74 Å². The lowest BCUT2D eigenvalue weighted by molar-refractivity contribution is -0.153. The highest BCUT2D eigenvalue weighted by Crippen LogP contribution is 2.06. The van der Waals surface area contributed by atoms with Gasteiger partial charge in [0.05, 0.1) is 6.10 Å². The Morgan fingerprint density at radius 2 is 2.10 bits per heavy atom. The summed E-state index contributed by atoms with van der Waals surface area (Å²) in [5.41, 5.74) is 0. The van der Waals surface area contributed by atoms with E-state index in [1.165, 1.54) is 4.90 Å². The number of amides is 4. The third-order valence-corrected chi connectivity index (χ3v) is 4.04. The minimum atomic E-state index is -0.765. The summed E-state index contributed by atoms with van der Waals surface area (Å²) >= 11 is 1.70. The molecule has 0 bridgehead atoms. The molecule has 1 atom stereocenters. The number of likely N-dealkylation sites (N-methyl/N-ethyl adjacent to an activating group) is 1. The van der Waals surface area contributed by atoms with Crippen molar-refractivity contribution < 1.29 is 19.1 Å². The Morgan fingerprint density at radius 1 is 1.38 bits per heavy atom. The molecule has 8 heteroatoms. The number of urea groups is 1. The fourth-order valence-electron chi connectivity index (χ4n) is 2.02. The second-order valence-corrected chi connectivity index (χ2v) is 5.65. The highest BCUT2D eigenvalue weighted by atomic mass is 32.2. The molecule has 120 valence electrons. The Kier molecular flexibility index (Phi) is 7.52. The highest BCUT2D eigenvalue weighted by molar-refractivity contribution is 7.98. The minimum absolute atomic E-state index is 0.0934. The number of hydrogen-bond donors (Lipinski definition) is 1. The van der Waals surface area contributed by atoms with Gasteiger partial charge in [0.25, 0.3) is 0 Å². The van der Waals surface area contributed by atoms with E-state index < -0.39 is 17.8 Å². The Labute approximate surface area is 129 Å². The molecule has 0 aromatic rings. The number of nitrogens with zero attached hydrogens (tertiary/aromatic N) is 2. The summed E-state index contributed by atoms with van der Waals surface area (Å²) in [6.07, 6.45) is 2.72. The number of piperazine rings is 1. The molecule has 0 aromatic carbocycles. The smallest absolute Gasteiger partial charge is 0.324 e. The van der Waals surface area contributed by atoms with Crippen LogP contribution in [0, 0.1) is 0 Å². The van der Waals surface area contributed by atoms with Crippen molar-refractivity contribution in [2.24, 2.45) is 0 Å². The van der Waals surface area contributed by atoms with Crippen LogP contribution >= 0.6 is 11.8 Å². The third kappa shape index (κ3) is 4.89. The van der Waals surface area contributed by atoms with E-state index in [0.29, 0.717) is 19.6 Å². The molecule has 1 rings (SSSR count). The van der Waals surface area contributed by atoms with Crippen LogP contribution in [0.1, 0.15) is 13.3 Å². The maximum absolute atomic E-state index is 12.0. The summed E-state index contributed by atoms with van der Waals surface area (Å²) in [6, 6.07) is -0.532. The van der Waals surface area contributed by atoms with Crippen LogP contribution in [0.2, 0.25) is 0 Å². The van der Waals surface area contributed by atoms with Gasteiger partial charge >= 0.3 is 17.8 Å². The minimum Gasteiger partial charge on any atom is -0.380 e. The standard InChI is InChI=1S/C13H23N3O4S/c1-4-15-6-7-16(12(18)11(15)17)13(19)14-9-10(20-2)5-8-21-3/h10H,4-9H2,1-3H3,(H,14,19). The predicted octanol–water partition coefficient (Wildman–Crippen LogP) is 0.155. The Bertz CT molecular complexity index is 392. The molecule has 1 fully saturated rings. The van der Waals surface area contributed by atoms with E-state index in [1.54, 1.807) is 25.8 Å². The topological polar surface area (TPSA) is 79.0 Å². The van der Waals surface area contributed by atoms with Gasteiger partial charge in [0.1, 0.15) is 0 Å². The molecule has 4 amide bonds. The van der Waals surface area contributed by atoms with E-state index in [1.807, 2.05) is 6.26 Å². The van der Waals surface area contributed by atoms with Crippen LogP contribution in [-0.2, 0) is 14.3 Å². The maximum atomic E-state index is 12.0. The van der Waals surface area contributed by atoms with E-state index in [9.17, 15) is 14.4 Å². The lowest BCUT2D eigenvalue weighted by Crippen LogP contribution is -2.58. The average Bonchev–Trinajstić information content (AvgIpc) is 2.50. The summed E-state index contributed by atoms with van der Waals surface area (Å²) in [5, 5.41) is 2.66. The quantitative estimate of drug-likeness (QED) is 0.677. The molecule has 1 aliphatic heterocycles. The molecule has 1 aliphatic rings. The van der Waals surface area contributed by atoms with Crippen LogP contribution in [-0.4, -0.2) is 79.0 Å². The first-order valence-corrected chi connectivity index (χ1v) is 8.34. The summed E-state index contributed by atoms with van der Waals surface area (Å²) in [6.45, 7) is 3.21. The summed E-state index contributed by atoms with van der Waals surface area (Å²) < 4.78 is 5.27. The van der Waals surface area contributed by atoms with Gasteiger partial charge in [-0.1, -0.05) is 0 Å². The number of thioether (sulfide) groups is 1. The Morgan fingerprint density at radius 3 is 2.67 bits per heavy atom. The monoisotopic (exact) mass is 317 g/mol. The van der Waals surface area contributed by atoms with Crippen LogP contribution in [0.3, 0.4) is 0 Å². The van der Waals surface area contributed by atoms with Crippen molar-refractivity contribution in [2.75, 3.05) is 45.3 Å². The van der Waals surface area contributed by atoms with Crippen LogP contribution < -0.4 is 5.32 Å². The SMILES string of the molecule is CCN1CCN(C(=O)NCC(CCSC)OC)C(=O)C1=O. The maximum Gasteiger partial charge on any atom is 0.324 e. The molecule has 1 heterocycles. The first-order valence-electron chi connectivity index (χ1n) is 6.95. The number of methoxy groups -OCH3 is 1. The van der Waals surface area contributed by atoms with Gasteiger partial charge in [-0.25, -0.2) is 4.79 Å². The number of hydrogen-bond acceptors (Lipinski definition) is 5. The van der Waals surface area contributed by atoms with Crippen LogP contribution in [0.15, 0.2) is 0 Å². The lowest BCUT2D eigenvalue weighted by Gasteiger charge is -2.32. The molecule has 1 unspecified atom stereocenters. The van der Waals surface area contributed by atoms with Crippen molar-refractivity contribution in [3.05, 3.63) is 0 Å². The van der Waals surface area contributed by atoms with Crippen LogP contribution in [0.5, 0.6) is 0 Å². The van der Waals surface area contributed by atoms with Gasteiger partial charge in [-0.05, 0) is 25.4 Å². The normalized spacial score (nSPS) is 17.1. The van der Waals surface area contributed by atoms with Crippen molar-refractivity contribution in [1.29, 1.82) is 0 Å². The van der Waals surface area contributed by atoms with E-state index in [0.717, 1.165) is 17.1 Å². The van der Waals surface area contributed by atoms with Crippen molar-refractivity contribution in [1.82, 2.24) is 15.1 Å². The first-order chi connectivity index (χ1) is 10.0. The fraction of sp³-hybridized carbons (Fsp3) is 0.769. The van der Waals surface area contributed by atoms with Gasteiger partial charge in [0.2, 0.25) is 0 Å². The Hall–Kier alpha value is -1.28. The van der Waals surface area contributed by atoms with Gasteiger partial charge in [-0.2, -0.15) is 11.8 Å². The Balaban J connectivity index is 2.48. The van der Waals surface area contributed by atoms with Gasteiger partial charge in [0, 0.05) is 33.3 Å². The number of carbonyl (C=O) groups excluding carboxylic acids is 3. The lowest BCUT2D eigenvalue weighted by atomic mass is 10.2. The molecular weight excluding hydrogens is 294 g/mol. The van der Waals surface area contributed by atoms with Gasteiger partial charge < -0.3 is 15.0 Å². The summed E-state index contributed by atoms with van der Waals surface area (Å²) in [4.78, 5) is 38.0. The van der Waals surface area contributed by atoms with Gasteiger partial charge in [-0.3, -0.25) is 14.5 Å². The molecule has 7 nitrogen and oxygen atoms in total. The summed E-state index contributed by atoms with van der Waals surface area (Å²) in [7, 11) is 1.59. The van der Waals surface area contributed by atoms with E-state index in [-0.39, 0.29) is 12.6 Å². The first kappa shape index (κ1) is 17.8. The fourth-order valence-corrected chi connectivity index (χ4v) is 2.52. The number of carbonyl (C=O) groups is 3. The van der Waals surface area contributed by atoms with Crippen molar-refractivity contribution in [3.63, 3.8) is 0 Å². The molecular formula is C13H23N3O4S. The van der Waals surface area contributed by atoms with Crippen molar-refractivity contribution in [3.8, 4) is 0 Å². The zero-order valence-electron chi connectivity index (χ0n) is 12.8. The zero-order chi connectivity index (χ0) is 15.8. The second kappa shape index (κ2) is 8.89. The van der Waals surface area contributed by atoms with Crippen LogP contribution in [0.25, 0.3) is 0 Å². The largest absolute Gasteiger partial charge is 0.380 e. The van der Waals surface area contributed by atoms with E-state index >= 15 is 0 Å². The molecule has 0 spiro atoms. The number of nitrogens with one attached hydrogen (secondary N) is 1. The molecule has 0 saturated carbocycles. The summed E-state index contributed by atoms with van der Waals surface area (Å²) in [5.74, 6) is -0.454. The number of ether oxygens (including phenoxy) is 1.